The molecule has 94 valence electrons. The molecule has 1 saturated heterocycles. The van der Waals surface area contributed by atoms with Crippen molar-refractivity contribution < 1.29 is 18.3 Å². The van der Waals surface area contributed by atoms with Crippen molar-refractivity contribution in [3.8, 4) is 0 Å². The van der Waals surface area contributed by atoms with Crippen LogP contribution in [-0.2, 0) is 14.8 Å². The highest BCUT2D eigenvalue weighted by Gasteiger charge is 2.40. The van der Waals surface area contributed by atoms with E-state index in [2.05, 4.69) is 0 Å². The van der Waals surface area contributed by atoms with Gasteiger partial charge in [0.15, 0.2) is 0 Å². The van der Waals surface area contributed by atoms with E-state index in [0.29, 0.717) is 17.2 Å². The van der Waals surface area contributed by atoms with Crippen LogP contribution in [0.1, 0.15) is 12.8 Å². The Morgan fingerprint density at radius 3 is 2.76 bits per heavy atom. The predicted molar refractivity (Wildman–Crippen MR) is 63.9 cm³/mol. The van der Waals surface area contributed by atoms with Gasteiger partial charge in [-0.2, -0.15) is 4.31 Å². The van der Waals surface area contributed by atoms with Gasteiger partial charge in [-0.1, -0.05) is 11.6 Å². The predicted octanol–water partition coefficient (Wildman–Crippen LogP) is 1.64. The van der Waals surface area contributed by atoms with E-state index in [9.17, 15) is 13.2 Å². The number of hydrogen-bond acceptors (Lipinski definition) is 4. The van der Waals surface area contributed by atoms with Crippen LogP contribution in [0.25, 0.3) is 0 Å². The van der Waals surface area contributed by atoms with Crippen LogP contribution in [0.3, 0.4) is 0 Å². The Balaban J connectivity index is 2.36. The zero-order valence-corrected chi connectivity index (χ0v) is 11.1. The van der Waals surface area contributed by atoms with E-state index >= 15 is 0 Å². The number of hydrogen-bond donors (Lipinski definition) is 1. The minimum absolute atomic E-state index is 0.0932. The van der Waals surface area contributed by atoms with Crippen molar-refractivity contribution in [2.24, 2.45) is 0 Å². The summed E-state index contributed by atoms with van der Waals surface area (Å²) in [5.74, 6) is -1.10. The standard InChI is InChI=1S/C9H10ClNO4S2/c10-7-3-4-8(16-7)17(14,15)11-5-1-2-6(11)9(12)13/h3-4,6H,1-2,5H2,(H,12,13)/t6-/m0/s1. The van der Waals surface area contributed by atoms with E-state index in [4.69, 9.17) is 16.7 Å². The van der Waals surface area contributed by atoms with E-state index in [1.165, 1.54) is 12.1 Å². The normalized spacial score (nSPS) is 21.8. The van der Waals surface area contributed by atoms with Gasteiger partial charge in [0.05, 0.1) is 4.34 Å². The lowest BCUT2D eigenvalue weighted by molar-refractivity contribution is -0.140. The van der Waals surface area contributed by atoms with Crippen molar-refractivity contribution in [3.63, 3.8) is 0 Å². The molecule has 8 heteroatoms. The lowest BCUT2D eigenvalue weighted by Gasteiger charge is -2.19. The fraction of sp³-hybridized carbons (Fsp3) is 0.444. The number of carboxylic acids is 1. The van der Waals surface area contributed by atoms with Gasteiger partial charge in [0, 0.05) is 6.54 Å². The van der Waals surface area contributed by atoms with Crippen LogP contribution < -0.4 is 0 Å². The van der Waals surface area contributed by atoms with Gasteiger partial charge in [-0.3, -0.25) is 4.79 Å². The Morgan fingerprint density at radius 1 is 1.53 bits per heavy atom. The molecule has 2 heterocycles. The van der Waals surface area contributed by atoms with Crippen molar-refractivity contribution in [2.75, 3.05) is 6.54 Å². The first-order chi connectivity index (χ1) is 7.93. The van der Waals surface area contributed by atoms with Crippen LogP contribution in [-0.4, -0.2) is 36.4 Å². The molecule has 5 nitrogen and oxygen atoms in total. The molecule has 1 aliphatic heterocycles. The fourth-order valence-electron chi connectivity index (χ4n) is 1.83. The van der Waals surface area contributed by atoms with Gasteiger partial charge in [-0.15, -0.1) is 11.3 Å². The Morgan fingerprint density at radius 2 is 2.24 bits per heavy atom. The van der Waals surface area contributed by atoms with Crippen molar-refractivity contribution >= 4 is 38.9 Å². The monoisotopic (exact) mass is 295 g/mol. The van der Waals surface area contributed by atoms with Crippen LogP contribution in [0.2, 0.25) is 4.34 Å². The maximum atomic E-state index is 12.2. The highest BCUT2D eigenvalue weighted by molar-refractivity contribution is 7.91. The molecule has 1 aromatic heterocycles. The van der Waals surface area contributed by atoms with E-state index in [0.717, 1.165) is 15.6 Å². The molecular formula is C9H10ClNO4S2. The molecule has 1 N–H and O–H groups in total. The summed E-state index contributed by atoms with van der Waals surface area (Å²) in [6.45, 7) is 0.245. The largest absolute Gasteiger partial charge is 0.480 e. The summed E-state index contributed by atoms with van der Waals surface area (Å²) >= 11 is 6.63. The molecule has 0 saturated carbocycles. The van der Waals surface area contributed by atoms with Gasteiger partial charge >= 0.3 is 5.97 Å². The molecule has 0 aliphatic carbocycles. The van der Waals surface area contributed by atoms with E-state index in [-0.39, 0.29) is 10.8 Å². The van der Waals surface area contributed by atoms with E-state index < -0.39 is 22.0 Å². The van der Waals surface area contributed by atoms with Crippen LogP contribution in [0.15, 0.2) is 16.3 Å². The molecule has 0 spiro atoms. The minimum atomic E-state index is -3.73. The number of rotatable bonds is 3. The van der Waals surface area contributed by atoms with Crippen molar-refractivity contribution in [1.82, 2.24) is 4.31 Å². The summed E-state index contributed by atoms with van der Waals surface area (Å²) in [7, 11) is -3.73. The van der Waals surface area contributed by atoms with Crippen LogP contribution in [0.4, 0.5) is 0 Å². The Kier molecular flexibility index (Phi) is 3.44. The molecule has 0 radical (unpaired) electrons. The third-order valence-electron chi connectivity index (χ3n) is 2.60. The second-order valence-electron chi connectivity index (χ2n) is 3.67. The maximum Gasteiger partial charge on any atom is 0.322 e. The summed E-state index contributed by atoms with van der Waals surface area (Å²) < 4.78 is 25.9. The van der Waals surface area contributed by atoms with Gasteiger partial charge in [0.25, 0.3) is 10.0 Å². The number of carbonyl (C=O) groups is 1. The molecule has 0 unspecified atom stereocenters. The first kappa shape index (κ1) is 12.8. The van der Waals surface area contributed by atoms with Crippen LogP contribution in [0, 0.1) is 0 Å². The second-order valence-corrected chi connectivity index (χ2v) is 7.50. The average Bonchev–Trinajstić information content (AvgIpc) is 2.84. The summed E-state index contributed by atoms with van der Waals surface area (Å²) in [5, 5.41) is 8.97. The number of halogens is 1. The number of sulfonamides is 1. The summed E-state index contributed by atoms with van der Waals surface area (Å²) in [6, 6.07) is 1.94. The van der Waals surface area contributed by atoms with Gasteiger partial charge in [-0.05, 0) is 25.0 Å². The number of aliphatic carboxylic acids is 1. The first-order valence-electron chi connectivity index (χ1n) is 4.93. The van der Waals surface area contributed by atoms with Crippen LogP contribution in [0.5, 0.6) is 0 Å². The molecule has 1 aliphatic rings. The molecule has 1 atom stereocenters. The fourth-order valence-corrected chi connectivity index (χ4v) is 5.09. The Labute approximate surface area is 108 Å². The molecule has 1 aromatic rings. The minimum Gasteiger partial charge on any atom is -0.480 e. The van der Waals surface area contributed by atoms with Gasteiger partial charge in [0.1, 0.15) is 10.3 Å². The number of nitrogens with zero attached hydrogens (tertiary/aromatic N) is 1. The van der Waals surface area contributed by atoms with Crippen molar-refractivity contribution in [3.05, 3.63) is 16.5 Å². The third kappa shape index (κ3) is 2.33. The molecule has 17 heavy (non-hydrogen) atoms. The SMILES string of the molecule is O=C(O)[C@@H]1CCCN1S(=O)(=O)c1ccc(Cl)s1. The van der Waals surface area contributed by atoms with Gasteiger partial charge in [0.2, 0.25) is 0 Å². The summed E-state index contributed by atoms with van der Waals surface area (Å²) in [5.41, 5.74) is 0. The van der Waals surface area contributed by atoms with Crippen molar-refractivity contribution in [1.29, 1.82) is 0 Å². The molecule has 0 amide bonds. The maximum absolute atomic E-state index is 12.2. The highest BCUT2D eigenvalue weighted by atomic mass is 35.5. The van der Waals surface area contributed by atoms with E-state index in [1.807, 2.05) is 0 Å². The molecule has 0 bridgehead atoms. The summed E-state index contributed by atoms with van der Waals surface area (Å²) in [6.07, 6.45) is 0.920. The van der Waals surface area contributed by atoms with Gasteiger partial charge in [-0.25, -0.2) is 8.42 Å². The third-order valence-corrected chi connectivity index (χ3v) is 6.21. The first-order valence-corrected chi connectivity index (χ1v) is 7.56. The van der Waals surface area contributed by atoms with Gasteiger partial charge < -0.3 is 5.11 Å². The smallest absolute Gasteiger partial charge is 0.322 e. The highest BCUT2D eigenvalue weighted by Crippen LogP contribution is 2.32. The zero-order chi connectivity index (χ0) is 12.6. The molecule has 0 aromatic carbocycles. The topological polar surface area (TPSA) is 74.7 Å². The van der Waals surface area contributed by atoms with Crippen molar-refractivity contribution in [2.45, 2.75) is 23.1 Å². The van der Waals surface area contributed by atoms with Crippen LogP contribution >= 0.6 is 22.9 Å². The number of carboxylic acid groups (broad SMARTS) is 1. The Bertz CT molecular complexity index is 539. The zero-order valence-electron chi connectivity index (χ0n) is 8.67. The second kappa shape index (κ2) is 4.56. The quantitative estimate of drug-likeness (QED) is 0.920. The average molecular weight is 296 g/mol. The summed E-state index contributed by atoms with van der Waals surface area (Å²) in [4.78, 5) is 11.0. The lowest BCUT2D eigenvalue weighted by atomic mass is 10.2. The molecular weight excluding hydrogens is 286 g/mol. The molecule has 2 rings (SSSR count). The lowest BCUT2D eigenvalue weighted by Crippen LogP contribution is -2.40. The molecule has 1 fully saturated rings. The number of thiophene rings is 1. The Hall–Kier alpha value is -0.630. The van der Waals surface area contributed by atoms with E-state index in [1.54, 1.807) is 0 Å².